The predicted molar refractivity (Wildman–Crippen MR) is 122 cm³/mol. The molecule has 1 aliphatic rings. The fourth-order valence-corrected chi connectivity index (χ4v) is 4.10. The van der Waals surface area contributed by atoms with Gasteiger partial charge in [-0.3, -0.25) is 4.79 Å². The summed E-state index contributed by atoms with van der Waals surface area (Å²) in [6, 6.07) is 17.1. The maximum Gasteiger partial charge on any atom is 0.409 e. The number of ether oxygens (including phenoxy) is 2. The van der Waals surface area contributed by atoms with Gasteiger partial charge in [0.25, 0.3) is 5.89 Å². The monoisotopic (exact) mass is 465 g/mol. The van der Waals surface area contributed by atoms with Gasteiger partial charge >= 0.3 is 12.1 Å². The van der Waals surface area contributed by atoms with Gasteiger partial charge in [-0.2, -0.15) is 4.98 Å². The molecule has 3 aromatic rings. The van der Waals surface area contributed by atoms with Crippen LogP contribution in [0.5, 0.6) is 5.75 Å². The fourth-order valence-electron chi connectivity index (χ4n) is 4.10. The Labute approximate surface area is 197 Å². The van der Waals surface area contributed by atoms with Crippen LogP contribution in [0.3, 0.4) is 0 Å². The zero-order valence-electron chi connectivity index (χ0n) is 18.9. The molecule has 0 spiro atoms. The fraction of sp³-hybridized carbons (Fsp3) is 0.360. The van der Waals surface area contributed by atoms with Crippen molar-refractivity contribution >= 4 is 12.1 Å². The van der Waals surface area contributed by atoms with E-state index in [2.05, 4.69) is 10.1 Å². The van der Waals surface area contributed by atoms with Gasteiger partial charge in [0, 0.05) is 25.1 Å². The minimum absolute atomic E-state index is 0.157. The van der Waals surface area contributed by atoms with Crippen molar-refractivity contribution in [2.45, 2.75) is 19.8 Å². The lowest BCUT2D eigenvalue weighted by Crippen LogP contribution is -2.30. The van der Waals surface area contributed by atoms with E-state index in [9.17, 15) is 14.7 Å². The minimum atomic E-state index is -0.904. The van der Waals surface area contributed by atoms with Crippen LogP contribution >= 0.6 is 0 Å². The summed E-state index contributed by atoms with van der Waals surface area (Å²) >= 11 is 0. The van der Waals surface area contributed by atoms with E-state index in [1.54, 1.807) is 6.92 Å². The molecule has 0 aliphatic carbocycles. The highest BCUT2D eigenvalue weighted by atomic mass is 16.6. The zero-order chi connectivity index (χ0) is 23.9. The topological polar surface area (TPSA) is 115 Å². The molecule has 9 nitrogen and oxygen atoms in total. The Hall–Kier alpha value is -3.88. The number of rotatable bonds is 9. The number of likely N-dealkylation sites (tertiary alicyclic amines) is 1. The van der Waals surface area contributed by atoms with Gasteiger partial charge in [0.15, 0.2) is 5.82 Å². The Bertz CT molecular complexity index is 1120. The van der Waals surface area contributed by atoms with Gasteiger partial charge in [0.2, 0.25) is 0 Å². The van der Waals surface area contributed by atoms with Crippen molar-refractivity contribution in [3.63, 3.8) is 0 Å². The van der Waals surface area contributed by atoms with Crippen molar-refractivity contribution in [3.05, 3.63) is 66.0 Å². The maximum atomic E-state index is 12.1. The third-order valence-electron chi connectivity index (χ3n) is 5.76. The first-order valence-corrected chi connectivity index (χ1v) is 11.3. The van der Waals surface area contributed by atoms with Crippen LogP contribution in [-0.2, 0) is 22.4 Å². The second-order valence-electron chi connectivity index (χ2n) is 8.14. The van der Waals surface area contributed by atoms with E-state index in [4.69, 9.17) is 14.0 Å². The largest absolute Gasteiger partial charge is 0.493 e. The van der Waals surface area contributed by atoms with E-state index >= 15 is 0 Å². The number of carboxylic acid groups (broad SMARTS) is 1. The first kappa shape index (κ1) is 23.3. The zero-order valence-corrected chi connectivity index (χ0v) is 18.9. The molecule has 1 aromatic heterocycles. The Morgan fingerprint density at radius 2 is 1.97 bits per heavy atom. The number of hydrogen-bond donors (Lipinski definition) is 1. The van der Waals surface area contributed by atoms with Crippen molar-refractivity contribution < 1.29 is 28.7 Å². The van der Waals surface area contributed by atoms with E-state index < -0.39 is 18.0 Å². The number of aliphatic carboxylic acids is 1. The van der Waals surface area contributed by atoms with Crippen LogP contribution in [0.1, 0.15) is 18.3 Å². The van der Waals surface area contributed by atoms with Crippen LogP contribution in [-0.4, -0.2) is 58.5 Å². The summed E-state index contributed by atoms with van der Waals surface area (Å²) in [6.07, 6.45) is 0.541. The van der Waals surface area contributed by atoms with Crippen molar-refractivity contribution in [3.8, 4) is 17.2 Å². The number of carboxylic acids is 1. The van der Waals surface area contributed by atoms with E-state index in [1.165, 1.54) is 4.90 Å². The summed E-state index contributed by atoms with van der Waals surface area (Å²) in [6.45, 7) is 2.86. The Morgan fingerprint density at radius 1 is 1.15 bits per heavy atom. The first-order chi connectivity index (χ1) is 16.5. The SMILES string of the molecule is CCOC(=O)N1CC(C(=O)O)[C@H](Cc2cccc(OCCc3noc(-c4ccccc4)n3)c2)C1. The first-order valence-electron chi connectivity index (χ1n) is 11.3. The molecule has 178 valence electrons. The lowest BCUT2D eigenvalue weighted by atomic mass is 9.90. The predicted octanol–water partition coefficient (Wildman–Crippen LogP) is 3.69. The average molecular weight is 466 g/mol. The van der Waals surface area contributed by atoms with E-state index in [-0.39, 0.29) is 19.1 Å². The second-order valence-corrected chi connectivity index (χ2v) is 8.14. The van der Waals surface area contributed by atoms with Gasteiger partial charge in [-0.1, -0.05) is 35.5 Å². The smallest absolute Gasteiger partial charge is 0.409 e. The standard InChI is InChI=1S/C25H27N3O6/c1-2-32-25(31)28-15-19(21(16-28)24(29)30)13-17-7-6-10-20(14-17)33-12-11-22-26-23(34-27-22)18-8-4-3-5-9-18/h3-10,14,19,21H,2,11-13,15-16H2,1H3,(H,29,30)/t19-,21?/m1/s1. The lowest BCUT2D eigenvalue weighted by molar-refractivity contribution is -0.142. The van der Waals surface area contributed by atoms with Crippen LogP contribution < -0.4 is 4.74 Å². The molecule has 1 N–H and O–H groups in total. The Morgan fingerprint density at radius 3 is 2.74 bits per heavy atom. The molecule has 1 amide bonds. The maximum absolute atomic E-state index is 12.1. The van der Waals surface area contributed by atoms with Gasteiger partial charge in [-0.05, 0) is 49.1 Å². The van der Waals surface area contributed by atoms with Gasteiger partial charge in [-0.15, -0.1) is 0 Å². The summed E-state index contributed by atoms with van der Waals surface area (Å²) in [5.74, 6) is -0.0298. The summed E-state index contributed by atoms with van der Waals surface area (Å²) in [4.78, 5) is 29.7. The van der Waals surface area contributed by atoms with Crippen LogP contribution in [0.25, 0.3) is 11.5 Å². The van der Waals surface area contributed by atoms with Crippen molar-refractivity contribution in [1.82, 2.24) is 15.0 Å². The molecule has 1 aliphatic heterocycles. The lowest BCUT2D eigenvalue weighted by Gasteiger charge is -2.16. The van der Waals surface area contributed by atoms with Gasteiger partial charge in [0.05, 0.1) is 19.1 Å². The molecule has 1 unspecified atom stereocenters. The van der Waals surface area contributed by atoms with Crippen LogP contribution in [0.2, 0.25) is 0 Å². The molecule has 2 heterocycles. The molecule has 34 heavy (non-hydrogen) atoms. The molecular formula is C25H27N3O6. The molecule has 1 saturated heterocycles. The van der Waals surface area contributed by atoms with Crippen LogP contribution in [0, 0.1) is 11.8 Å². The number of aromatic nitrogens is 2. The Kier molecular flexibility index (Phi) is 7.41. The van der Waals surface area contributed by atoms with Gasteiger partial charge < -0.3 is 24.0 Å². The molecule has 2 atom stereocenters. The summed E-state index contributed by atoms with van der Waals surface area (Å²) in [5, 5.41) is 13.6. The average Bonchev–Trinajstić information content (AvgIpc) is 3.48. The number of amides is 1. The van der Waals surface area contributed by atoms with Crippen molar-refractivity contribution in [2.75, 3.05) is 26.3 Å². The van der Waals surface area contributed by atoms with Gasteiger partial charge in [0.1, 0.15) is 5.75 Å². The van der Waals surface area contributed by atoms with E-state index in [0.717, 1.165) is 11.1 Å². The van der Waals surface area contributed by atoms with Crippen molar-refractivity contribution in [2.24, 2.45) is 11.8 Å². The van der Waals surface area contributed by atoms with E-state index in [0.29, 0.717) is 43.5 Å². The molecule has 9 heteroatoms. The molecule has 1 fully saturated rings. The van der Waals surface area contributed by atoms with Crippen LogP contribution in [0.4, 0.5) is 4.79 Å². The summed E-state index contributed by atoms with van der Waals surface area (Å²) in [7, 11) is 0. The number of hydrogen-bond acceptors (Lipinski definition) is 7. The third-order valence-corrected chi connectivity index (χ3v) is 5.76. The second kappa shape index (κ2) is 10.8. The number of nitrogens with zero attached hydrogens (tertiary/aromatic N) is 3. The van der Waals surface area contributed by atoms with Gasteiger partial charge in [-0.25, -0.2) is 4.79 Å². The molecule has 0 radical (unpaired) electrons. The quantitative estimate of drug-likeness (QED) is 0.509. The molecule has 4 rings (SSSR count). The highest BCUT2D eigenvalue weighted by Gasteiger charge is 2.40. The normalized spacial score (nSPS) is 17.5. The summed E-state index contributed by atoms with van der Waals surface area (Å²) < 4.78 is 16.2. The summed E-state index contributed by atoms with van der Waals surface area (Å²) in [5.41, 5.74) is 1.81. The minimum Gasteiger partial charge on any atom is -0.493 e. The van der Waals surface area contributed by atoms with Crippen LogP contribution in [0.15, 0.2) is 59.1 Å². The third kappa shape index (κ3) is 5.72. The molecule has 2 aromatic carbocycles. The molecular weight excluding hydrogens is 438 g/mol. The highest BCUT2D eigenvalue weighted by molar-refractivity contribution is 5.74. The number of carbonyl (C=O) groups excluding carboxylic acids is 1. The Balaban J connectivity index is 1.33. The molecule has 0 bridgehead atoms. The van der Waals surface area contributed by atoms with Crippen molar-refractivity contribution in [1.29, 1.82) is 0 Å². The number of carbonyl (C=O) groups is 2. The van der Waals surface area contributed by atoms with E-state index in [1.807, 2.05) is 54.6 Å². The number of benzene rings is 2. The highest BCUT2D eigenvalue weighted by Crippen LogP contribution is 2.29. The molecule has 0 saturated carbocycles.